The third-order valence-electron chi connectivity index (χ3n) is 2.87. The second-order valence-electron chi connectivity index (χ2n) is 4.44. The lowest BCUT2D eigenvalue weighted by atomic mass is 10.2. The summed E-state index contributed by atoms with van der Waals surface area (Å²) in [7, 11) is 0. The Kier molecular flexibility index (Phi) is 5.65. The van der Waals surface area contributed by atoms with Gasteiger partial charge in [0.1, 0.15) is 5.75 Å². The molecule has 0 saturated heterocycles. The topological polar surface area (TPSA) is 38.3 Å². The van der Waals surface area contributed by atoms with Crippen molar-refractivity contribution in [2.24, 2.45) is 0 Å². The Morgan fingerprint density at radius 3 is 2.62 bits per heavy atom. The number of anilines is 1. The van der Waals surface area contributed by atoms with Crippen molar-refractivity contribution in [3.05, 3.63) is 58.0 Å². The number of hydrogen-bond acceptors (Lipinski definition) is 2. The predicted octanol–water partition coefficient (Wildman–Crippen LogP) is 4.90. The molecule has 2 rings (SSSR count). The van der Waals surface area contributed by atoms with Gasteiger partial charge in [-0.1, -0.05) is 52.7 Å². The second kappa shape index (κ2) is 7.48. The van der Waals surface area contributed by atoms with E-state index in [1.165, 1.54) is 0 Å². The van der Waals surface area contributed by atoms with E-state index >= 15 is 0 Å². The fraction of sp³-hybridized carbons (Fsp3) is 0.188. The fourth-order valence-corrected chi connectivity index (χ4v) is 2.51. The first kappa shape index (κ1) is 15.9. The summed E-state index contributed by atoms with van der Waals surface area (Å²) in [5.41, 5.74) is 0.569. The number of amides is 1. The quantitative estimate of drug-likeness (QED) is 0.815. The van der Waals surface area contributed by atoms with Crippen LogP contribution < -0.4 is 10.1 Å². The van der Waals surface area contributed by atoms with Gasteiger partial charge < -0.3 is 10.1 Å². The van der Waals surface area contributed by atoms with Crippen LogP contribution in [0.1, 0.15) is 13.3 Å². The SMILES string of the molecule is CCC(Oc1ccccc1)C(=O)Nc1ccc(Br)cc1Cl. The molecule has 1 unspecified atom stereocenters. The summed E-state index contributed by atoms with van der Waals surface area (Å²) in [6, 6.07) is 14.6. The summed E-state index contributed by atoms with van der Waals surface area (Å²) in [5.74, 6) is 0.451. The predicted molar refractivity (Wildman–Crippen MR) is 88.9 cm³/mol. The zero-order valence-corrected chi connectivity index (χ0v) is 13.8. The number of nitrogens with one attached hydrogen (secondary N) is 1. The van der Waals surface area contributed by atoms with E-state index in [2.05, 4.69) is 21.2 Å². The summed E-state index contributed by atoms with van der Waals surface area (Å²) >= 11 is 9.42. The highest BCUT2D eigenvalue weighted by atomic mass is 79.9. The molecule has 0 bridgehead atoms. The molecule has 0 radical (unpaired) electrons. The minimum Gasteiger partial charge on any atom is -0.481 e. The molecule has 0 aliphatic carbocycles. The maximum absolute atomic E-state index is 12.3. The highest BCUT2D eigenvalue weighted by molar-refractivity contribution is 9.10. The van der Waals surface area contributed by atoms with Crippen molar-refractivity contribution >= 4 is 39.1 Å². The lowest BCUT2D eigenvalue weighted by molar-refractivity contribution is -0.122. The van der Waals surface area contributed by atoms with E-state index in [1.54, 1.807) is 12.1 Å². The summed E-state index contributed by atoms with van der Waals surface area (Å²) < 4.78 is 6.56. The molecule has 0 saturated carbocycles. The van der Waals surface area contributed by atoms with Gasteiger partial charge in [-0.3, -0.25) is 4.79 Å². The van der Waals surface area contributed by atoms with Crippen LogP contribution in [-0.4, -0.2) is 12.0 Å². The van der Waals surface area contributed by atoms with Gasteiger partial charge in [0.2, 0.25) is 0 Å². The van der Waals surface area contributed by atoms with Crippen LogP contribution in [0.15, 0.2) is 53.0 Å². The van der Waals surface area contributed by atoms with E-state index in [1.807, 2.05) is 43.3 Å². The minimum atomic E-state index is -0.563. The van der Waals surface area contributed by atoms with Crippen LogP contribution in [0.5, 0.6) is 5.75 Å². The number of ether oxygens (including phenoxy) is 1. The van der Waals surface area contributed by atoms with Crippen molar-refractivity contribution in [1.82, 2.24) is 0 Å². The number of para-hydroxylation sites is 1. The molecule has 21 heavy (non-hydrogen) atoms. The normalized spacial score (nSPS) is 11.8. The zero-order valence-electron chi connectivity index (χ0n) is 11.5. The molecule has 0 aromatic heterocycles. The van der Waals surface area contributed by atoms with Gasteiger partial charge in [-0.15, -0.1) is 0 Å². The van der Waals surface area contributed by atoms with Gasteiger partial charge in [0.15, 0.2) is 6.10 Å². The molecular weight excluding hydrogens is 354 g/mol. The summed E-state index contributed by atoms with van der Waals surface area (Å²) in [5, 5.41) is 3.27. The van der Waals surface area contributed by atoms with Crippen molar-refractivity contribution < 1.29 is 9.53 Å². The first-order chi connectivity index (χ1) is 10.1. The molecule has 2 aromatic rings. The maximum Gasteiger partial charge on any atom is 0.265 e. The number of benzene rings is 2. The fourth-order valence-electron chi connectivity index (χ4n) is 1.79. The average Bonchev–Trinajstić information content (AvgIpc) is 2.48. The molecule has 2 aromatic carbocycles. The van der Waals surface area contributed by atoms with Crippen LogP contribution in [0.3, 0.4) is 0 Å². The molecule has 3 nitrogen and oxygen atoms in total. The van der Waals surface area contributed by atoms with Crippen molar-refractivity contribution in [3.8, 4) is 5.75 Å². The molecule has 0 heterocycles. The highest BCUT2D eigenvalue weighted by Gasteiger charge is 2.19. The lowest BCUT2D eigenvalue weighted by Crippen LogP contribution is -2.32. The molecule has 0 spiro atoms. The Labute approximate surface area is 137 Å². The molecule has 0 aliphatic rings. The lowest BCUT2D eigenvalue weighted by Gasteiger charge is -2.17. The van der Waals surface area contributed by atoms with Gasteiger partial charge in [-0.25, -0.2) is 0 Å². The van der Waals surface area contributed by atoms with E-state index in [0.29, 0.717) is 22.9 Å². The first-order valence-electron chi connectivity index (χ1n) is 6.57. The number of rotatable bonds is 5. The molecular formula is C16H15BrClNO2. The van der Waals surface area contributed by atoms with Crippen LogP contribution >= 0.6 is 27.5 Å². The van der Waals surface area contributed by atoms with E-state index in [-0.39, 0.29) is 5.91 Å². The van der Waals surface area contributed by atoms with Crippen molar-refractivity contribution in [3.63, 3.8) is 0 Å². The van der Waals surface area contributed by atoms with Crippen LogP contribution in [0.25, 0.3) is 0 Å². The second-order valence-corrected chi connectivity index (χ2v) is 5.76. The van der Waals surface area contributed by atoms with Crippen LogP contribution in [0, 0.1) is 0 Å². The third kappa shape index (κ3) is 4.48. The Hall–Kier alpha value is -1.52. The molecule has 110 valence electrons. The standard InChI is InChI=1S/C16H15BrClNO2/c1-2-15(21-12-6-4-3-5-7-12)16(20)19-14-9-8-11(17)10-13(14)18/h3-10,15H,2H2,1H3,(H,19,20). The molecule has 1 amide bonds. The average molecular weight is 369 g/mol. The highest BCUT2D eigenvalue weighted by Crippen LogP contribution is 2.26. The summed E-state index contributed by atoms with van der Waals surface area (Å²) in [6.45, 7) is 1.90. The summed E-state index contributed by atoms with van der Waals surface area (Å²) in [4.78, 5) is 12.3. The maximum atomic E-state index is 12.3. The summed E-state index contributed by atoms with van der Waals surface area (Å²) in [6.07, 6.45) is 0.00150. The minimum absolute atomic E-state index is 0.217. The van der Waals surface area contributed by atoms with E-state index in [9.17, 15) is 4.79 Å². The monoisotopic (exact) mass is 367 g/mol. The van der Waals surface area contributed by atoms with Crippen molar-refractivity contribution in [2.45, 2.75) is 19.4 Å². The van der Waals surface area contributed by atoms with E-state index < -0.39 is 6.10 Å². The number of carbonyl (C=O) groups is 1. The van der Waals surface area contributed by atoms with E-state index in [4.69, 9.17) is 16.3 Å². The largest absolute Gasteiger partial charge is 0.481 e. The van der Waals surface area contributed by atoms with Crippen LogP contribution in [-0.2, 0) is 4.79 Å². The van der Waals surface area contributed by atoms with E-state index in [0.717, 1.165) is 4.47 Å². The Bertz CT molecular complexity index is 619. The van der Waals surface area contributed by atoms with Crippen molar-refractivity contribution in [2.75, 3.05) is 5.32 Å². The molecule has 0 fully saturated rings. The third-order valence-corrected chi connectivity index (χ3v) is 3.68. The van der Waals surface area contributed by atoms with Gasteiger partial charge in [0, 0.05) is 4.47 Å². The van der Waals surface area contributed by atoms with Crippen molar-refractivity contribution in [1.29, 1.82) is 0 Å². The first-order valence-corrected chi connectivity index (χ1v) is 7.75. The molecule has 1 N–H and O–H groups in total. The van der Waals surface area contributed by atoms with Gasteiger partial charge in [0.25, 0.3) is 5.91 Å². The van der Waals surface area contributed by atoms with Crippen LogP contribution in [0.4, 0.5) is 5.69 Å². The molecule has 1 atom stereocenters. The van der Waals surface area contributed by atoms with Crippen LogP contribution in [0.2, 0.25) is 5.02 Å². The number of hydrogen-bond donors (Lipinski definition) is 1. The van der Waals surface area contributed by atoms with Gasteiger partial charge >= 0.3 is 0 Å². The van der Waals surface area contributed by atoms with Gasteiger partial charge in [-0.2, -0.15) is 0 Å². The Balaban J connectivity index is 2.06. The van der Waals surface area contributed by atoms with Gasteiger partial charge in [0.05, 0.1) is 10.7 Å². The molecule has 0 aliphatic heterocycles. The molecule has 5 heteroatoms. The smallest absolute Gasteiger partial charge is 0.265 e. The Morgan fingerprint density at radius 1 is 1.29 bits per heavy atom. The number of halogens is 2. The number of carbonyl (C=O) groups excluding carboxylic acids is 1. The van der Waals surface area contributed by atoms with Gasteiger partial charge in [-0.05, 0) is 36.8 Å². The zero-order chi connectivity index (χ0) is 15.2. The Morgan fingerprint density at radius 2 is 2.00 bits per heavy atom.